The van der Waals surface area contributed by atoms with Gasteiger partial charge >= 0.3 is 0 Å². The summed E-state index contributed by atoms with van der Waals surface area (Å²) >= 11 is 0. The molecule has 0 fully saturated rings. The Hall–Kier alpha value is -0.850. The SMILES string of the molecule is CC1C=C2CC=CCC2=NC1. The molecule has 1 heterocycles. The van der Waals surface area contributed by atoms with Crippen LogP contribution in [0.15, 0.2) is 28.8 Å². The molecule has 0 saturated carbocycles. The van der Waals surface area contributed by atoms with Crippen LogP contribution >= 0.6 is 0 Å². The molecule has 2 aliphatic rings. The zero-order valence-electron chi connectivity index (χ0n) is 6.88. The summed E-state index contributed by atoms with van der Waals surface area (Å²) in [5.41, 5.74) is 2.79. The van der Waals surface area contributed by atoms with E-state index in [1.54, 1.807) is 0 Å². The summed E-state index contributed by atoms with van der Waals surface area (Å²) in [6, 6.07) is 0. The molecule has 0 N–H and O–H groups in total. The van der Waals surface area contributed by atoms with E-state index in [0.717, 1.165) is 19.4 Å². The molecule has 1 unspecified atom stereocenters. The van der Waals surface area contributed by atoms with Crippen LogP contribution in [-0.4, -0.2) is 12.3 Å². The number of nitrogens with zero attached hydrogens (tertiary/aromatic N) is 1. The van der Waals surface area contributed by atoms with E-state index in [4.69, 9.17) is 0 Å². The lowest BCUT2D eigenvalue weighted by Gasteiger charge is -2.19. The van der Waals surface area contributed by atoms with Crippen molar-refractivity contribution in [1.82, 2.24) is 0 Å². The summed E-state index contributed by atoms with van der Waals surface area (Å²) in [6.45, 7) is 3.22. The highest BCUT2D eigenvalue weighted by Crippen LogP contribution is 2.21. The van der Waals surface area contributed by atoms with E-state index in [2.05, 4.69) is 30.1 Å². The molecule has 0 radical (unpaired) electrons. The van der Waals surface area contributed by atoms with Crippen LogP contribution in [0.4, 0.5) is 0 Å². The van der Waals surface area contributed by atoms with Gasteiger partial charge in [-0.15, -0.1) is 0 Å². The molecule has 1 atom stereocenters. The van der Waals surface area contributed by atoms with Gasteiger partial charge in [-0.25, -0.2) is 0 Å². The van der Waals surface area contributed by atoms with Gasteiger partial charge in [0.15, 0.2) is 0 Å². The molecule has 1 aliphatic carbocycles. The molecule has 0 aromatic heterocycles. The Kier molecular flexibility index (Phi) is 1.65. The van der Waals surface area contributed by atoms with Gasteiger partial charge in [-0.3, -0.25) is 4.99 Å². The summed E-state index contributed by atoms with van der Waals surface area (Å²) in [6.07, 6.45) is 8.97. The fraction of sp³-hybridized carbons (Fsp3) is 0.500. The van der Waals surface area contributed by atoms with Crippen molar-refractivity contribution in [3.05, 3.63) is 23.8 Å². The number of hydrogen-bond donors (Lipinski definition) is 0. The molecule has 58 valence electrons. The lowest BCUT2D eigenvalue weighted by Crippen LogP contribution is -2.14. The number of aliphatic imine (C=N–C) groups is 1. The standard InChI is InChI=1S/C10H13N/c1-8-6-9-4-2-3-5-10(9)11-7-8/h2-3,6,8H,4-5,7H2,1H3. The minimum absolute atomic E-state index is 0.653. The van der Waals surface area contributed by atoms with Crippen molar-refractivity contribution < 1.29 is 0 Å². The Morgan fingerprint density at radius 1 is 1.36 bits per heavy atom. The second-order valence-corrected chi connectivity index (χ2v) is 3.34. The Morgan fingerprint density at radius 3 is 3.09 bits per heavy atom. The minimum Gasteiger partial charge on any atom is -0.289 e. The van der Waals surface area contributed by atoms with E-state index in [-0.39, 0.29) is 0 Å². The van der Waals surface area contributed by atoms with Gasteiger partial charge in [0.25, 0.3) is 0 Å². The molecule has 0 aromatic rings. The molecule has 0 aromatic carbocycles. The van der Waals surface area contributed by atoms with Crippen molar-refractivity contribution in [2.45, 2.75) is 19.8 Å². The first-order chi connectivity index (χ1) is 5.36. The van der Waals surface area contributed by atoms with Crippen LogP contribution in [0, 0.1) is 5.92 Å². The summed E-state index contributed by atoms with van der Waals surface area (Å²) in [5.74, 6) is 0.653. The second kappa shape index (κ2) is 2.65. The molecular weight excluding hydrogens is 134 g/mol. The second-order valence-electron chi connectivity index (χ2n) is 3.34. The van der Waals surface area contributed by atoms with Crippen LogP contribution in [0.1, 0.15) is 19.8 Å². The van der Waals surface area contributed by atoms with Gasteiger partial charge in [0.2, 0.25) is 0 Å². The molecule has 0 amide bonds. The predicted molar refractivity (Wildman–Crippen MR) is 47.9 cm³/mol. The third kappa shape index (κ3) is 1.28. The highest BCUT2D eigenvalue weighted by atomic mass is 14.8. The number of fused-ring (bicyclic) bond motifs is 1. The van der Waals surface area contributed by atoms with Gasteiger partial charge in [0, 0.05) is 18.7 Å². The maximum atomic E-state index is 4.53. The van der Waals surface area contributed by atoms with Gasteiger partial charge in [0.05, 0.1) is 0 Å². The lowest BCUT2D eigenvalue weighted by molar-refractivity contribution is 0.721. The van der Waals surface area contributed by atoms with E-state index >= 15 is 0 Å². The molecule has 2 rings (SSSR count). The molecule has 0 spiro atoms. The van der Waals surface area contributed by atoms with Gasteiger partial charge in [0.1, 0.15) is 0 Å². The Labute approximate surface area is 67.5 Å². The maximum absolute atomic E-state index is 4.53. The van der Waals surface area contributed by atoms with Crippen molar-refractivity contribution in [2.75, 3.05) is 6.54 Å². The van der Waals surface area contributed by atoms with E-state index in [1.165, 1.54) is 11.3 Å². The predicted octanol–water partition coefficient (Wildman–Crippen LogP) is 2.35. The average Bonchev–Trinajstić information content (AvgIpc) is 2.04. The Bertz CT molecular complexity index is 246. The summed E-state index contributed by atoms with van der Waals surface area (Å²) in [5, 5.41) is 0. The van der Waals surface area contributed by atoms with Crippen molar-refractivity contribution in [1.29, 1.82) is 0 Å². The maximum Gasteiger partial charge on any atom is 0.0453 e. The minimum atomic E-state index is 0.653. The largest absolute Gasteiger partial charge is 0.289 e. The van der Waals surface area contributed by atoms with Crippen molar-refractivity contribution in [3.8, 4) is 0 Å². The Balaban J connectivity index is 2.28. The van der Waals surface area contributed by atoms with E-state index in [1.807, 2.05) is 0 Å². The van der Waals surface area contributed by atoms with Crippen LogP contribution in [-0.2, 0) is 0 Å². The normalized spacial score (nSPS) is 29.0. The van der Waals surface area contributed by atoms with Gasteiger partial charge < -0.3 is 0 Å². The monoisotopic (exact) mass is 147 g/mol. The quantitative estimate of drug-likeness (QED) is 0.466. The first kappa shape index (κ1) is 6.84. The van der Waals surface area contributed by atoms with Crippen molar-refractivity contribution in [3.63, 3.8) is 0 Å². The molecule has 1 nitrogen and oxygen atoms in total. The molecule has 11 heavy (non-hydrogen) atoms. The van der Waals surface area contributed by atoms with Crippen LogP contribution in [0.2, 0.25) is 0 Å². The summed E-state index contributed by atoms with van der Waals surface area (Å²) < 4.78 is 0. The Morgan fingerprint density at radius 2 is 2.18 bits per heavy atom. The number of allylic oxidation sites excluding steroid dienone is 3. The number of dihydropyridines is 1. The van der Waals surface area contributed by atoms with Gasteiger partial charge in [-0.05, 0) is 17.9 Å². The third-order valence-electron chi connectivity index (χ3n) is 2.24. The number of rotatable bonds is 0. The molecular formula is C10H13N. The van der Waals surface area contributed by atoms with Crippen molar-refractivity contribution in [2.24, 2.45) is 10.9 Å². The molecule has 1 aliphatic heterocycles. The number of hydrogen-bond acceptors (Lipinski definition) is 1. The van der Waals surface area contributed by atoms with Crippen molar-refractivity contribution >= 4 is 5.71 Å². The smallest absolute Gasteiger partial charge is 0.0453 e. The topological polar surface area (TPSA) is 12.4 Å². The van der Waals surface area contributed by atoms with Crippen LogP contribution in [0.5, 0.6) is 0 Å². The van der Waals surface area contributed by atoms with E-state index in [0.29, 0.717) is 5.92 Å². The van der Waals surface area contributed by atoms with Gasteiger partial charge in [-0.1, -0.05) is 25.2 Å². The summed E-state index contributed by atoms with van der Waals surface area (Å²) in [4.78, 5) is 4.53. The zero-order chi connectivity index (χ0) is 7.68. The summed E-state index contributed by atoms with van der Waals surface area (Å²) in [7, 11) is 0. The fourth-order valence-electron chi connectivity index (χ4n) is 1.63. The third-order valence-corrected chi connectivity index (χ3v) is 2.24. The lowest BCUT2D eigenvalue weighted by atomic mass is 9.92. The van der Waals surface area contributed by atoms with Crippen LogP contribution in [0.3, 0.4) is 0 Å². The first-order valence-corrected chi connectivity index (χ1v) is 4.25. The molecule has 0 bridgehead atoms. The van der Waals surface area contributed by atoms with E-state index < -0.39 is 0 Å². The van der Waals surface area contributed by atoms with Crippen LogP contribution < -0.4 is 0 Å². The molecule has 0 saturated heterocycles. The average molecular weight is 147 g/mol. The fourth-order valence-corrected chi connectivity index (χ4v) is 1.63. The highest BCUT2D eigenvalue weighted by molar-refractivity contribution is 6.02. The zero-order valence-corrected chi connectivity index (χ0v) is 6.88. The van der Waals surface area contributed by atoms with Gasteiger partial charge in [-0.2, -0.15) is 0 Å². The molecule has 1 heteroatoms. The van der Waals surface area contributed by atoms with E-state index in [9.17, 15) is 0 Å². The highest BCUT2D eigenvalue weighted by Gasteiger charge is 2.14. The first-order valence-electron chi connectivity index (χ1n) is 4.25. The van der Waals surface area contributed by atoms with Crippen LogP contribution in [0.25, 0.3) is 0 Å².